The molecule has 0 spiro atoms. The Kier molecular flexibility index (Phi) is 3.23. The highest BCUT2D eigenvalue weighted by molar-refractivity contribution is 5.82. The fourth-order valence-electron chi connectivity index (χ4n) is 2.54. The minimum Gasteiger partial charge on any atom is -0.373 e. The van der Waals surface area contributed by atoms with Gasteiger partial charge in [0.1, 0.15) is 17.5 Å². The fraction of sp³-hybridized carbons (Fsp3) is 0.643. The number of likely N-dealkylation sites (N-methyl/N-ethyl adjacent to an activating group) is 1. The minimum atomic E-state index is 0.147. The van der Waals surface area contributed by atoms with E-state index < -0.39 is 0 Å². The van der Waals surface area contributed by atoms with Gasteiger partial charge in [0.15, 0.2) is 0 Å². The van der Waals surface area contributed by atoms with Crippen molar-refractivity contribution in [3.05, 3.63) is 11.4 Å². The van der Waals surface area contributed by atoms with Gasteiger partial charge in [-0.2, -0.15) is 0 Å². The second kappa shape index (κ2) is 4.92. The molecule has 0 radical (unpaired) electrons. The van der Waals surface area contributed by atoms with E-state index in [9.17, 15) is 4.79 Å². The summed E-state index contributed by atoms with van der Waals surface area (Å²) in [5.41, 5.74) is 1.02. The van der Waals surface area contributed by atoms with Crippen LogP contribution in [0.1, 0.15) is 30.1 Å². The first-order valence-corrected chi connectivity index (χ1v) is 7.15. The van der Waals surface area contributed by atoms with Crippen LogP contribution in [0.15, 0.2) is 0 Å². The number of carbonyl (C=O) groups is 1. The van der Waals surface area contributed by atoms with E-state index in [1.165, 1.54) is 12.8 Å². The maximum absolute atomic E-state index is 11.9. The lowest BCUT2D eigenvalue weighted by atomic mass is 10.2. The van der Waals surface area contributed by atoms with Crippen molar-refractivity contribution in [1.82, 2.24) is 14.9 Å². The highest BCUT2D eigenvalue weighted by Gasteiger charge is 2.30. The van der Waals surface area contributed by atoms with Gasteiger partial charge in [0.05, 0.1) is 6.54 Å². The van der Waals surface area contributed by atoms with E-state index in [-0.39, 0.29) is 5.91 Å². The second-order valence-corrected chi connectivity index (χ2v) is 5.64. The van der Waals surface area contributed by atoms with Crippen molar-refractivity contribution in [1.29, 1.82) is 0 Å². The van der Waals surface area contributed by atoms with Crippen LogP contribution in [0.2, 0.25) is 0 Å². The van der Waals surface area contributed by atoms with Crippen LogP contribution >= 0.6 is 0 Å². The van der Waals surface area contributed by atoms with Crippen molar-refractivity contribution in [2.75, 3.05) is 43.9 Å². The largest absolute Gasteiger partial charge is 0.373 e. The van der Waals surface area contributed by atoms with E-state index in [0.29, 0.717) is 12.5 Å². The van der Waals surface area contributed by atoms with Crippen molar-refractivity contribution in [3.63, 3.8) is 0 Å². The number of carbonyl (C=O) groups excluding carboxylic acids is 1. The molecule has 6 heteroatoms. The summed E-state index contributed by atoms with van der Waals surface area (Å²) >= 11 is 0. The Hall–Kier alpha value is -1.85. The first kappa shape index (κ1) is 13.1. The van der Waals surface area contributed by atoms with E-state index in [1.54, 1.807) is 4.90 Å². The van der Waals surface area contributed by atoms with Crippen LogP contribution in [0, 0.1) is 6.92 Å². The molecule has 0 atom stereocenters. The van der Waals surface area contributed by atoms with Crippen LogP contribution in [0.5, 0.6) is 0 Å². The number of piperazine rings is 1. The third kappa shape index (κ3) is 2.30. The summed E-state index contributed by atoms with van der Waals surface area (Å²) in [4.78, 5) is 25.1. The molecule has 2 aliphatic rings. The Morgan fingerprint density at radius 3 is 2.60 bits per heavy atom. The number of hydrogen-bond acceptors (Lipinski definition) is 5. The van der Waals surface area contributed by atoms with Gasteiger partial charge in [0.2, 0.25) is 5.91 Å². The van der Waals surface area contributed by atoms with Gasteiger partial charge in [-0.1, -0.05) is 0 Å². The molecule has 1 aliphatic carbocycles. The normalized spacial score (nSPS) is 19.4. The van der Waals surface area contributed by atoms with Gasteiger partial charge in [-0.25, -0.2) is 9.97 Å². The minimum absolute atomic E-state index is 0.147. The molecule has 1 aliphatic heterocycles. The molecule has 1 saturated carbocycles. The highest BCUT2D eigenvalue weighted by Crippen LogP contribution is 2.40. The van der Waals surface area contributed by atoms with Crippen LogP contribution in [-0.4, -0.2) is 54.5 Å². The second-order valence-electron chi connectivity index (χ2n) is 5.64. The molecule has 6 nitrogen and oxygen atoms in total. The standard InChI is InChI=1S/C14H21N5O/c1-9-12(15-2)16-13(10-4-5-10)17-14(9)19-7-6-18(3)11(20)8-19/h10H,4-8H2,1-3H3,(H,15,16,17). The van der Waals surface area contributed by atoms with E-state index in [2.05, 4.69) is 15.2 Å². The third-order valence-corrected chi connectivity index (χ3v) is 4.07. The number of hydrogen-bond donors (Lipinski definition) is 1. The zero-order valence-electron chi connectivity index (χ0n) is 12.3. The lowest BCUT2D eigenvalue weighted by Crippen LogP contribution is -2.49. The quantitative estimate of drug-likeness (QED) is 0.891. The number of anilines is 2. The molecule has 3 rings (SSSR count). The smallest absolute Gasteiger partial charge is 0.241 e. The van der Waals surface area contributed by atoms with Crippen LogP contribution in [0.4, 0.5) is 11.6 Å². The maximum atomic E-state index is 11.9. The Bertz CT molecular complexity index is 541. The van der Waals surface area contributed by atoms with E-state index in [4.69, 9.17) is 4.98 Å². The van der Waals surface area contributed by atoms with Gasteiger partial charge in [0.25, 0.3) is 0 Å². The van der Waals surface area contributed by atoms with E-state index >= 15 is 0 Å². The lowest BCUT2D eigenvalue weighted by Gasteiger charge is -2.33. The van der Waals surface area contributed by atoms with Crippen molar-refractivity contribution < 1.29 is 4.79 Å². The predicted octanol–water partition coefficient (Wildman–Crippen LogP) is 0.983. The number of nitrogens with zero attached hydrogens (tertiary/aromatic N) is 4. The number of aromatic nitrogens is 2. The van der Waals surface area contributed by atoms with Gasteiger partial charge in [-0.15, -0.1) is 0 Å². The molecule has 1 amide bonds. The first-order chi connectivity index (χ1) is 9.60. The van der Waals surface area contributed by atoms with Gasteiger partial charge in [-0.3, -0.25) is 4.79 Å². The van der Waals surface area contributed by atoms with Crippen molar-refractivity contribution >= 4 is 17.5 Å². The summed E-state index contributed by atoms with van der Waals surface area (Å²) < 4.78 is 0. The summed E-state index contributed by atoms with van der Waals surface area (Å²) in [6.45, 7) is 3.99. The Balaban J connectivity index is 1.95. The van der Waals surface area contributed by atoms with E-state index in [1.807, 2.05) is 21.0 Å². The Morgan fingerprint density at radius 1 is 1.25 bits per heavy atom. The summed E-state index contributed by atoms with van der Waals surface area (Å²) in [6, 6.07) is 0. The molecule has 0 bridgehead atoms. The molecule has 20 heavy (non-hydrogen) atoms. The molecule has 1 aromatic heterocycles. The highest BCUT2D eigenvalue weighted by atomic mass is 16.2. The van der Waals surface area contributed by atoms with Crippen LogP contribution in [0.25, 0.3) is 0 Å². The van der Waals surface area contributed by atoms with Gasteiger partial charge in [0, 0.05) is 38.7 Å². The Labute approximate surface area is 119 Å². The molecule has 1 saturated heterocycles. The molecule has 0 unspecified atom stereocenters. The molecule has 2 heterocycles. The molecule has 1 aromatic rings. The summed E-state index contributed by atoms with van der Waals surface area (Å²) in [7, 11) is 3.73. The zero-order valence-corrected chi connectivity index (χ0v) is 12.3. The van der Waals surface area contributed by atoms with E-state index in [0.717, 1.165) is 36.1 Å². The molecule has 2 fully saturated rings. The molecular weight excluding hydrogens is 254 g/mol. The molecule has 0 aromatic carbocycles. The van der Waals surface area contributed by atoms with Crippen LogP contribution in [-0.2, 0) is 4.79 Å². The van der Waals surface area contributed by atoms with Gasteiger partial charge >= 0.3 is 0 Å². The Morgan fingerprint density at radius 2 is 2.00 bits per heavy atom. The average Bonchev–Trinajstić information content (AvgIpc) is 3.27. The molecule has 108 valence electrons. The zero-order chi connectivity index (χ0) is 14.3. The van der Waals surface area contributed by atoms with Crippen molar-refractivity contribution in [3.8, 4) is 0 Å². The monoisotopic (exact) mass is 275 g/mol. The predicted molar refractivity (Wildman–Crippen MR) is 78.1 cm³/mol. The summed E-state index contributed by atoms with van der Waals surface area (Å²) in [5, 5.41) is 3.14. The topological polar surface area (TPSA) is 61.4 Å². The molecular formula is C14H21N5O. The first-order valence-electron chi connectivity index (χ1n) is 7.15. The van der Waals surface area contributed by atoms with Crippen LogP contribution < -0.4 is 10.2 Å². The molecule has 1 N–H and O–H groups in total. The summed E-state index contributed by atoms with van der Waals surface area (Å²) in [5.74, 6) is 3.36. The maximum Gasteiger partial charge on any atom is 0.241 e. The van der Waals surface area contributed by atoms with Gasteiger partial charge in [-0.05, 0) is 19.8 Å². The number of nitrogens with one attached hydrogen (secondary N) is 1. The van der Waals surface area contributed by atoms with Gasteiger partial charge < -0.3 is 15.1 Å². The number of amides is 1. The SMILES string of the molecule is CNc1nc(C2CC2)nc(N2CCN(C)C(=O)C2)c1C. The van der Waals surface area contributed by atoms with Crippen molar-refractivity contribution in [2.24, 2.45) is 0 Å². The lowest BCUT2D eigenvalue weighted by molar-refractivity contribution is -0.129. The van der Waals surface area contributed by atoms with Crippen molar-refractivity contribution in [2.45, 2.75) is 25.7 Å². The average molecular weight is 275 g/mol. The number of rotatable bonds is 3. The van der Waals surface area contributed by atoms with Crippen LogP contribution in [0.3, 0.4) is 0 Å². The summed E-state index contributed by atoms with van der Waals surface area (Å²) in [6.07, 6.45) is 2.35. The third-order valence-electron chi connectivity index (χ3n) is 4.07. The fourth-order valence-corrected chi connectivity index (χ4v) is 2.54.